The zero-order chi connectivity index (χ0) is 20.1. The Bertz CT molecular complexity index is 968. The summed E-state index contributed by atoms with van der Waals surface area (Å²) in [5.74, 6) is 0.0317. The summed E-state index contributed by atoms with van der Waals surface area (Å²) in [5, 5.41) is 6.78. The summed E-state index contributed by atoms with van der Waals surface area (Å²) in [7, 11) is -3.68. The zero-order valence-corrected chi connectivity index (χ0v) is 16.9. The second-order valence-corrected chi connectivity index (χ2v) is 9.34. The van der Waals surface area contributed by atoms with Crippen LogP contribution >= 0.6 is 0 Å². The van der Waals surface area contributed by atoms with Crippen LogP contribution in [0.15, 0.2) is 21.8 Å². The number of aryl methyl sites for hydroxylation is 3. The van der Waals surface area contributed by atoms with Gasteiger partial charge in [-0.2, -0.15) is 4.31 Å². The maximum absolute atomic E-state index is 13.3. The molecule has 1 amide bonds. The summed E-state index contributed by atoms with van der Waals surface area (Å²) in [6.45, 7) is 5.06. The fraction of sp³-hybridized carbons (Fsp3) is 0.556. The van der Waals surface area contributed by atoms with Gasteiger partial charge in [-0.1, -0.05) is 5.16 Å². The minimum absolute atomic E-state index is 0.0933. The molecule has 4 heterocycles. The molecule has 0 radical (unpaired) electrons. The number of amides is 1. The Hall–Kier alpha value is -2.33. The maximum Gasteiger partial charge on any atom is 0.271 e. The van der Waals surface area contributed by atoms with E-state index in [1.165, 1.54) is 6.20 Å². The van der Waals surface area contributed by atoms with Crippen LogP contribution in [0, 0.1) is 20.8 Å². The maximum atomic E-state index is 13.3. The molecule has 0 saturated carbocycles. The Kier molecular flexibility index (Phi) is 4.70. The third kappa shape index (κ3) is 3.20. The van der Waals surface area contributed by atoms with Crippen molar-refractivity contribution >= 4 is 15.9 Å². The highest BCUT2D eigenvalue weighted by Crippen LogP contribution is 2.40. The fourth-order valence-corrected chi connectivity index (χ4v) is 6.55. The molecule has 1 unspecified atom stereocenters. The Morgan fingerprint density at radius 1 is 1.14 bits per heavy atom. The number of rotatable bonds is 4. The molecule has 28 heavy (non-hydrogen) atoms. The smallest absolute Gasteiger partial charge is 0.271 e. The Labute approximate surface area is 163 Å². The van der Waals surface area contributed by atoms with Crippen LogP contribution < -0.4 is 5.32 Å². The van der Waals surface area contributed by atoms with Gasteiger partial charge in [0.15, 0.2) is 5.76 Å². The largest absolute Gasteiger partial charge is 0.360 e. The van der Waals surface area contributed by atoms with Crippen molar-refractivity contribution in [2.75, 3.05) is 0 Å². The van der Waals surface area contributed by atoms with Gasteiger partial charge in [-0.3, -0.25) is 9.78 Å². The van der Waals surface area contributed by atoms with Crippen LogP contribution in [0.4, 0.5) is 0 Å². The number of hydrogen-bond donors (Lipinski definition) is 1. The fourth-order valence-electron chi connectivity index (χ4n) is 4.36. The summed E-state index contributed by atoms with van der Waals surface area (Å²) in [6.07, 6.45) is 5.72. The monoisotopic (exact) mass is 405 g/mol. The first kappa shape index (κ1) is 19.0. The van der Waals surface area contributed by atoms with Crippen LogP contribution in [0.25, 0.3) is 0 Å². The molecular formula is C18H23N5O4S. The van der Waals surface area contributed by atoms with Gasteiger partial charge in [0.2, 0.25) is 10.0 Å². The van der Waals surface area contributed by atoms with Gasteiger partial charge in [-0.15, -0.1) is 0 Å². The van der Waals surface area contributed by atoms with E-state index < -0.39 is 10.0 Å². The molecule has 3 atom stereocenters. The predicted molar refractivity (Wildman–Crippen MR) is 99.1 cm³/mol. The SMILES string of the molecule is Cc1cnc(C(=O)NC2C[C@H]3CC[C@@H](C2)N3S(=O)(=O)c2c(C)noc2C)cn1. The van der Waals surface area contributed by atoms with Crippen molar-refractivity contribution in [3.63, 3.8) is 0 Å². The van der Waals surface area contributed by atoms with E-state index in [9.17, 15) is 13.2 Å². The molecule has 4 rings (SSSR count). The van der Waals surface area contributed by atoms with Crippen molar-refractivity contribution in [1.29, 1.82) is 0 Å². The normalized spacial score (nSPS) is 25.0. The number of piperidine rings is 1. The standard InChI is InChI=1S/C18H23N5O4S/c1-10-8-20-16(9-19-10)18(24)21-13-6-14-4-5-15(7-13)23(14)28(25,26)17-11(2)22-27-12(17)3/h8-9,13-15H,4-7H2,1-3H3,(H,21,24)/t13?,14-,15+. The van der Waals surface area contributed by atoms with Gasteiger partial charge in [-0.05, 0) is 46.5 Å². The molecule has 10 heteroatoms. The van der Waals surface area contributed by atoms with Crippen LogP contribution in [0.1, 0.15) is 53.3 Å². The van der Waals surface area contributed by atoms with Gasteiger partial charge in [-0.25, -0.2) is 13.4 Å². The minimum atomic E-state index is -3.68. The summed E-state index contributed by atoms with van der Waals surface area (Å²) < 4.78 is 33.2. The molecule has 0 aromatic carbocycles. The summed E-state index contributed by atoms with van der Waals surface area (Å²) in [6, 6.07) is -0.386. The van der Waals surface area contributed by atoms with E-state index in [1.54, 1.807) is 24.3 Å². The van der Waals surface area contributed by atoms with Gasteiger partial charge in [0.25, 0.3) is 5.91 Å². The minimum Gasteiger partial charge on any atom is -0.360 e. The average Bonchev–Trinajstić information content (AvgIpc) is 3.13. The van der Waals surface area contributed by atoms with Crippen LogP contribution in [-0.4, -0.2) is 51.9 Å². The molecule has 2 fully saturated rings. The molecule has 2 aliphatic heterocycles. The quantitative estimate of drug-likeness (QED) is 0.819. The first-order valence-corrected chi connectivity index (χ1v) is 10.8. The summed E-state index contributed by atoms with van der Waals surface area (Å²) in [4.78, 5) is 20.8. The van der Waals surface area contributed by atoms with Crippen molar-refractivity contribution in [2.45, 2.75) is 69.5 Å². The van der Waals surface area contributed by atoms with E-state index in [0.717, 1.165) is 18.5 Å². The number of aromatic nitrogens is 3. The van der Waals surface area contributed by atoms with Crippen molar-refractivity contribution < 1.29 is 17.7 Å². The van der Waals surface area contributed by atoms with Crippen LogP contribution in [-0.2, 0) is 10.0 Å². The molecule has 150 valence electrons. The van der Waals surface area contributed by atoms with Crippen molar-refractivity contribution in [2.24, 2.45) is 0 Å². The number of nitrogens with one attached hydrogen (secondary N) is 1. The van der Waals surface area contributed by atoms with Crippen LogP contribution in [0.5, 0.6) is 0 Å². The second kappa shape index (κ2) is 6.93. The number of hydrogen-bond acceptors (Lipinski definition) is 7. The Morgan fingerprint density at radius 2 is 1.82 bits per heavy atom. The molecular weight excluding hydrogens is 382 g/mol. The molecule has 2 bridgehead atoms. The van der Waals surface area contributed by atoms with Crippen molar-refractivity contribution in [1.82, 2.24) is 24.7 Å². The lowest BCUT2D eigenvalue weighted by atomic mass is 9.99. The van der Waals surface area contributed by atoms with Gasteiger partial charge in [0.05, 0.1) is 11.9 Å². The number of carbonyl (C=O) groups is 1. The summed E-state index contributed by atoms with van der Waals surface area (Å²) in [5.41, 5.74) is 1.39. The molecule has 2 aliphatic rings. The van der Waals surface area contributed by atoms with Gasteiger partial charge in [0.1, 0.15) is 16.3 Å². The highest BCUT2D eigenvalue weighted by molar-refractivity contribution is 7.89. The number of carbonyl (C=O) groups excluding carboxylic acids is 1. The molecule has 0 spiro atoms. The topological polar surface area (TPSA) is 118 Å². The molecule has 2 aromatic rings. The van der Waals surface area contributed by atoms with Crippen molar-refractivity contribution in [3.05, 3.63) is 35.2 Å². The highest BCUT2D eigenvalue weighted by atomic mass is 32.2. The van der Waals surface area contributed by atoms with Gasteiger partial charge < -0.3 is 9.84 Å². The Morgan fingerprint density at radius 3 is 2.36 bits per heavy atom. The number of nitrogens with zero attached hydrogens (tertiary/aromatic N) is 4. The zero-order valence-electron chi connectivity index (χ0n) is 16.0. The average molecular weight is 405 g/mol. The lowest BCUT2D eigenvalue weighted by Crippen LogP contribution is -2.52. The van der Waals surface area contributed by atoms with E-state index in [2.05, 4.69) is 20.4 Å². The first-order chi connectivity index (χ1) is 13.3. The first-order valence-electron chi connectivity index (χ1n) is 9.33. The van der Waals surface area contributed by atoms with E-state index in [1.807, 2.05) is 6.92 Å². The molecule has 0 aliphatic carbocycles. The van der Waals surface area contributed by atoms with E-state index in [4.69, 9.17) is 4.52 Å². The van der Waals surface area contributed by atoms with Gasteiger partial charge >= 0.3 is 0 Å². The summed E-state index contributed by atoms with van der Waals surface area (Å²) >= 11 is 0. The predicted octanol–water partition coefficient (Wildman–Crippen LogP) is 1.50. The number of sulfonamides is 1. The lowest BCUT2D eigenvalue weighted by molar-refractivity contribution is 0.0904. The number of fused-ring (bicyclic) bond motifs is 2. The molecule has 2 saturated heterocycles. The van der Waals surface area contributed by atoms with Crippen molar-refractivity contribution in [3.8, 4) is 0 Å². The van der Waals surface area contributed by atoms with Crippen LogP contribution in [0.3, 0.4) is 0 Å². The second-order valence-electron chi connectivity index (χ2n) is 7.56. The Balaban J connectivity index is 1.50. The van der Waals surface area contributed by atoms with E-state index >= 15 is 0 Å². The lowest BCUT2D eigenvalue weighted by Gasteiger charge is -2.38. The molecule has 1 N–H and O–H groups in total. The van der Waals surface area contributed by atoms with E-state index in [0.29, 0.717) is 24.3 Å². The highest BCUT2D eigenvalue weighted by Gasteiger charge is 2.48. The van der Waals surface area contributed by atoms with Gasteiger partial charge in [0, 0.05) is 24.3 Å². The molecule has 2 aromatic heterocycles. The third-order valence-corrected chi connectivity index (χ3v) is 7.77. The molecule has 9 nitrogen and oxygen atoms in total. The third-order valence-electron chi connectivity index (χ3n) is 5.52. The van der Waals surface area contributed by atoms with Crippen LogP contribution in [0.2, 0.25) is 0 Å². The van der Waals surface area contributed by atoms with E-state index in [-0.39, 0.29) is 34.6 Å².